The van der Waals surface area contributed by atoms with Gasteiger partial charge >= 0.3 is 0 Å². The molecule has 2 rings (SSSR count). The maximum atomic E-state index is 12.3. The van der Waals surface area contributed by atoms with Crippen LogP contribution in [0.5, 0.6) is 5.88 Å². The first-order chi connectivity index (χ1) is 9.18. The molecule has 0 bridgehead atoms. The Labute approximate surface area is 109 Å². The molecule has 1 aliphatic heterocycles. The molecule has 1 amide bonds. The lowest BCUT2D eigenvalue weighted by molar-refractivity contribution is 0.0688. The van der Waals surface area contributed by atoms with Gasteiger partial charge in [-0.1, -0.05) is 0 Å². The number of ether oxygens (including phenoxy) is 1. The number of halogens is 2. The highest BCUT2D eigenvalue weighted by Gasteiger charge is 2.22. The zero-order chi connectivity index (χ0) is 13.7. The monoisotopic (exact) mass is 271 g/mol. The number of amides is 1. The minimum absolute atomic E-state index is 0.0358. The van der Waals surface area contributed by atoms with Crippen molar-refractivity contribution in [1.29, 1.82) is 0 Å². The van der Waals surface area contributed by atoms with Crippen LogP contribution >= 0.6 is 0 Å². The third-order valence-electron chi connectivity index (χ3n) is 2.75. The van der Waals surface area contributed by atoms with Crippen LogP contribution in [0.15, 0.2) is 18.3 Å². The first kappa shape index (κ1) is 13.7. The summed E-state index contributed by atoms with van der Waals surface area (Å²) < 4.78 is 29.2. The van der Waals surface area contributed by atoms with Crippen LogP contribution < -0.4 is 10.1 Å². The van der Waals surface area contributed by atoms with Crippen molar-refractivity contribution in [3.05, 3.63) is 23.9 Å². The third kappa shape index (κ3) is 3.60. The lowest BCUT2D eigenvalue weighted by atomic mass is 10.2. The van der Waals surface area contributed by atoms with E-state index in [1.165, 1.54) is 12.3 Å². The minimum atomic E-state index is -2.59. The lowest BCUT2D eigenvalue weighted by Crippen LogP contribution is -2.46. The molecular weight excluding hydrogens is 256 g/mol. The van der Waals surface area contributed by atoms with Crippen LogP contribution in [0, 0.1) is 0 Å². The smallest absolute Gasteiger partial charge is 0.272 e. The number of nitrogens with one attached hydrogen (secondary N) is 1. The van der Waals surface area contributed by atoms with Gasteiger partial charge in [0, 0.05) is 32.4 Å². The molecule has 1 aliphatic rings. The second-order valence-corrected chi connectivity index (χ2v) is 4.10. The number of hydrogen-bond donors (Lipinski definition) is 1. The molecule has 2 heterocycles. The zero-order valence-electron chi connectivity index (χ0n) is 10.3. The van der Waals surface area contributed by atoms with Crippen molar-refractivity contribution in [3.8, 4) is 5.88 Å². The number of nitrogens with zero attached hydrogens (tertiary/aromatic N) is 2. The van der Waals surface area contributed by atoms with Gasteiger partial charge in [0.15, 0.2) is 6.61 Å². The first-order valence-corrected chi connectivity index (χ1v) is 6.04. The van der Waals surface area contributed by atoms with E-state index in [2.05, 4.69) is 10.3 Å². The van der Waals surface area contributed by atoms with Crippen LogP contribution in [0.2, 0.25) is 0 Å². The van der Waals surface area contributed by atoms with Gasteiger partial charge in [0.1, 0.15) is 5.56 Å². The van der Waals surface area contributed by atoms with E-state index >= 15 is 0 Å². The fourth-order valence-corrected chi connectivity index (χ4v) is 1.85. The lowest BCUT2D eigenvalue weighted by Gasteiger charge is -2.27. The number of aromatic nitrogens is 1. The summed E-state index contributed by atoms with van der Waals surface area (Å²) in [5.41, 5.74) is 0.227. The molecular formula is C12H15F2N3O2. The SMILES string of the molecule is O=C(c1cccnc1OCC(F)F)N1CCNCC1. The summed E-state index contributed by atoms with van der Waals surface area (Å²) in [5.74, 6) is -0.273. The van der Waals surface area contributed by atoms with Crippen molar-refractivity contribution in [2.45, 2.75) is 6.43 Å². The maximum absolute atomic E-state index is 12.3. The summed E-state index contributed by atoms with van der Waals surface area (Å²) in [6.45, 7) is 1.85. The molecule has 1 N–H and O–H groups in total. The summed E-state index contributed by atoms with van der Waals surface area (Å²) >= 11 is 0. The van der Waals surface area contributed by atoms with Gasteiger partial charge in [0.05, 0.1) is 0 Å². The highest BCUT2D eigenvalue weighted by atomic mass is 19.3. The average Bonchev–Trinajstić information content (AvgIpc) is 2.45. The van der Waals surface area contributed by atoms with E-state index in [4.69, 9.17) is 4.74 Å². The normalized spacial score (nSPS) is 15.6. The predicted molar refractivity (Wildman–Crippen MR) is 64.5 cm³/mol. The molecule has 0 radical (unpaired) electrons. The van der Waals surface area contributed by atoms with E-state index in [1.54, 1.807) is 11.0 Å². The molecule has 5 nitrogen and oxygen atoms in total. The second-order valence-electron chi connectivity index (χ2n) is 4.10. The van der Waals surface area contributed by atoms with E-state index in [0.717, 1.165) is 13.1 Å². The van der Waals surface area contributed by atoms with Gasteiger partial charge in [-0.05, 0) is 12.1 Å². The summed E-state index contributed by atoms with van der Waals surface area (Å²) in [6.07, 6.45) is -1.18. The molecule has 0 spiro atoms. The molecule has 1 fully saturated rings. The third-order valence-corrected chi connectivity index (χ3v) is 2.75. The van der Waals surface area contributed by atoms with Crippen LogP contribution in [0.4, 0.5) is 8.78 Å². The Morgan fingerprint density at radius 3 is 2.89 bits per heavy atom. The Morgan fingerprint density at radius 2 is 2.21 bits per heavy atom. The molecule has 1 aromatic rings. The van der Waals surface area contributed by atoms with Crippen LogP contribution in [0.25, 0.3) is 0 Å². The largest absolute Gasteiger partial charge is 0.471 e. The van der Waals surface area contributed by atoms with Gasteiger partial charge in [-0.25, -0.2) is 13.8 Å². The van der Waals surface area contributed by atoms with E-state index in [-0.39, 0.29) is 17.4 Å². The van der Waals surface area contributed by atoms with Crippen molar-refractivity contribution < 1.29 is 18.3 Å². The van der Waals surface area contributed by atoms with Gasteiger partial charge < -0.3 is 15.0 Å². The first-order valence-electron chi connectivity index (χ1n) is 6.04. The number of carbonyl (C=O) groups excluding carboxylic acids is 1. The maximum Gasteiger partial charge on any atom is 0.272 e. The van der Waals surface area contributed by atoms with Gasteiger partial charge in [-0.15, -0.1) is 0 Å². The van der Waals surface area contributed by atoms with Gasteiger partial charge in [0.2, 0.25) is 5.88 Å². The number of rotatable bonds is 4. The number of pyridine rings is 1. The molecule has 0 aromatic carbocycles. The Bertz CT molecular complexity index is 437. The number of alkyl halides is 2. The van der Waals surface area contributed by atoms with E-state index in [1.807, 2.05) is 0 Å². The minimum Gasteiger partial charge on any atom is -0.471 e. The van der Waals surface area contributed by atoms with E-state index < -0.39 is 13.0 Å². The predicted octanol–water partition coefficient (Wildman–Crippen LogP) is 0.771. The molecule has 19 heavy (non-hydrogen) atoms. The quantitative estimate of drug-likeness (QED) is 0.879. The second kappa shape index (κ2) is 6.42. The summed E-state index contributed by atoms with van der Waals surface area (Å²) in [4.78, 5) is 17.8. The molecule has 0 saturated carbocycles. The van der Waals surface area contributed by atoms with Crippen LogP contribution in [0.3, 0.4) is 0 Å². The fraction of sp³-hybridized carbons (Fsp3) is 0.500. The summed E-state index contributed by atoms with van der Waals surface area (Å²) in [6, 6.07) is 3.13. The van der Waals surface area contributed by atoms with Gasteiger partial charge in [-0.2, -0.15) is 0 Å². The van der Waals surface area contributed by atoms with Crippen molar-refractivity contribution in [1.82, 2.24) is 15.2 Å². The van der Waals surface area contributed by atoms with Crippen molar-refractivity contribution in [3.63, 3.8) is 0 Å². The molecule has 7 heteroatoms. The molecule has 104 valence electrons. The van der Waals surface area contributed by atoms with Crippen LogP contribution in [-0.4, -0.2) is 55.0 Å². The van der Waals surface area contributed by atoms with Crippen LogP contribution in [-0.2, 0) is 0 Å². The van der Waals surface area contributed by atoms with Crippen molar-refractivity contribution in [2.24, 2.45) is 0 Å². The number of carbonyl (C=O) groups is 1. The van der Waals surface area contributed by atoms with E-state index in [9.17, 15) is 13.6 Å². The Hall–Kier alpha value is -1.76. The topological polar surface area (TPSA) is 54.5 Å². The molecule has 0 unspecified atom stereocenters. The van der Waals surface area contributed by atoms with Gasteiger partial charge in [-0.3, -0.25) is 4.79 Å². The van der Waals surface area contributed by atoms with Crippen molar-refractivity contribution in [2.75, 3.05) is 32.8 Å². The standard InChI is InChI=1S/C12H15F2N3O2/c13-10(14)8-19-11-9(2-1-3-16-11)12(18)17-6-4-15-5-7-17/h1-3,10,15H,4-8H2. The highest BCUT2D eigenvalue weighted by Crippen LogP contribution is 2.17. The number of piperazine rings is 1. The van der Waals surface area contributed by atoms with Crippen molar-refractivity contribution >= 4 is 5.91 Å². The molecule has 0 aliphatic carbocycles. The van der Waals surface area contributed by atoms with Gasteiger partial charge in [0.25, 0.3) is 12.3 Å². The van der Waals surface area contributed by atoms with Crippen LogP contribution in [0.1, 0.15) is 10.4 Å². The Kier molecular flexibility index (Phi) is 4.62. The Balaban J connectivity index is 2.11. The average molecular weight is 271 g/mol. The fourth-order valence-electron chi connectivity index (χ4n) is 1.85. The molecule has 1 aromatic heterocycles. The summed E-state index contributed by atoms with van der Waals surface area (Å²) in [7, 11) is 0. The molecule has 0 atom stereocenters. The number of hydrogen-bond acceptors (Lipinski definition) is 4. The van der Waals surface area contributed by atoms with E-state index in [0.29, 0.717) is 13.1 Å². The molecule has 1 saturated heterocycles. The Morgan fingerprint density at radius 1 is 1.47 bits per heavy atom. The summed E-state index contributed by atoms with van der Waals surface area (Å²) in [5, 5.41) is 3.14. The zero-order valence-corrected chi connectivity index (χ0v) is 10.3. The highest BCUT2D eigenvalue weighted by molar-refractivity contribution is 5.96.